The molecule has 0 aliphatic rings. The summed E-state index contributed by atoms with van der Waals surface area (Å²) in [7, 11) is 0. The molecule has 7 aromatic carbocycles. The van der Waals surface area contributed by atoms with Crippen LogP contribution in [-0.4, -0.2) is 9.55 Å². The molecule has 2 aromatic heterocycles. The molecule has 9 aromatic rings. The van der Waals surface area contributed by atoms with Gasteiger partial charge in [0, 0.05) is 22.5 Å². The van der Waals surface area contributed by atoms with E-state index in [0.29, 0.717) is 0 Å². The van der Waals surface area contributed by atoms with Gasteiger partial charge in [-0.1, -0.05) is 121 Å². The number of aromatic nitrogens is 2. The number of nitrogens with zero attached hydrogens (tertiary/aromatic N) is 2. The normalized spacial score (nSPS) is 11.7. The van der Waals surface area contributed by atoms with Gasteiger partial charge in [0.15, 0.2) is 0 Å². The van der Waals surface area contributed by atoms with E-state index in [0.717, 1.165) is 16.9 Å². The summed E-state index contributed by atoms with van der Waals surface area (Å²) in [6, 6.07) is 54.6. The Morgan fingerprint density at radius 1 is 0.326 bits per heavy atom. The smallest absolute Gasteiger partial charge is 0.137 e. The summed E-state index contributed by atoms with van der Waals surface area (Å²) < 4.78 is 2.25. The van der Waals surface area contributed by atoms with Crippen LogP contribution < -0.4 is 0 Å². The first-order chi connectivity index (χ1) is 21.3. The fourth-order valence-corrected chi connectivity index (χ4v) is 6.80. The van der Waals surface area contributed by atoms with E-state index in [2.05, 4.69) is 156 Å². The van der Waals surface area contributed by atoms with E-state index in [1.807, 2.05) is 6.20 Å². The second kappa shape index (κ2) is 9.40. The second-order valence-electron chi connectivity index (χ2n) is 11.2. The van der Waals surface area contributed by atoms with Crippen molar-refractivity contribution in [1.29, 1.82) is 0 Å². The van der Waals surface area contributed by atoms with Crippen molar-refractivity contribution < 1.29 is 0 Å². The molecule has 0 N–H and O–H groups in total. The molecule has 0 amide bonds. The van der Waals surface area contributed by atoms with Gasteiger partial charge in [0.1, 0.15) is 5.82 Å². The zero-order valence-electron chi connectivity index (χ0n) is 23.4. The zero-order chi connectivity index (χ0) is 28.3. The first-order valence-corrected chi connectivity index (χ1v) is 14.7. The van der Waals surface area contributed by atoms with Crippen LogP contribution in [0.2, 0.25) is 0 Å². The van der Waals surface area contributed by atoms with Crippen LogP contribution in [0.3, 0.4) is 0 Å². The quantitative estimate of drug-likeness (QED) is 0.202. The molecule has 0 fully saturated rings. The van der Waals surface area contributed by atoms with Gasteiger partial charge in [0.05, 0.1) is 11.0 Å². The Labute approximate surface area is 249 Å². The maximum atomic E-state index is 4.93. The number of para-hydroxylation sites is 2. The SMILES string of the molecule is c1ccc2c(c1)c1ccccc1c1cc(-c3ccc(-c4ccc(-n5c6ccccc6c6ccccc65)nc4)cc3)ccc21. The van der Waals surface area contributed by atoms with Gasteiger partial charge >= 0.3 is 0 Å². The lowest BCUT2D eigenvalue weighted by molar-refractivity contribution is 1.08. The fraction of sp³-hybridized carbons (Fsp3) is 0. The first-order valence-electron chi connectivity index (χ1n) is 14.7. The van der Waals surface area contributed by atoms with E-state index in [4.69, 9.17) is 4.98 Å². The highest BCUT2D eigenvalue weighted by Crippen LogP contribution is 2.37. The zero-order valence-corrected chi connectivity index (χ0v) is 23.4. The topological polar surface area (TPSA) is 17.8 Å². The molecule has 2 heteroatoms. The largest absolute Gasteiger partial charge is 0.294 e. The minimum atomic E-state index is 0.925. The van der Waals surface area contributed by atoms with Gasteiger partial charge in [0.25, 0.3) is 0 Å². The van der Waals surface area contributed by atoms with Gasteiger partial charge in [-0.25, -0.2) is 4.98 Å². The van der Waals surface area contributed by atoms with E-state index in [-0.39, 0.29) is 0 Å². The second-order valence-corrected chi connectivity index (χ2v) is 11.2. The third-order valence-electron chi connectivity index (χ3n) is 8.85. The van der Waals surface area contributed by atoms with Crippen LogP contribution >= 0.6 is 0 Å². The van der Waals surface area contributed by atoms with Crippen molar-refractivity contribution in [3.63, 3.8) is 0 Å². The monoisotopic (exact) mass is 546 g/mol. The number of hydrogen-bond donors (Lipinski definition) is 0. The van der Waals surface area contributed by atoms with Crippen LogP contribution in [0.4, 0.5) is 0 Å². The van der Waals surface area contributed by atoms with Crippen LogP contribution in [0, 0.1) is 0 Å². The molecule has 0 bridgehead atoms. The van der Waals surface area contributed by atoms with Gasteiger partial charge in [-0.2, -0.15) is 0 Å². The summed E-state index contributed by atoms with van der Waals surface area (Å²) in [6.45, 7) is 0. The average Bonchev–Trinajstić information content (AvgIpc) is 3.43. The molecule has 9 rings (SSSR count). The fourth-order valence-electron chi connectivity index (χ4n) is 6.80. The lowest BCUT2D eigenvalue weighted by Crippen LogP contribution is -1.97. The predicted octanol–water partition coefficient (Wildman–Crippen LogP) is 11.0. The Balaban J connectivity index is 1.09. The van der Waals surface area contributed by atoms with E-state index in [9.17, 15) is 0 Å². The Morgan fingerprint density at radius 3 is 1.28 bits per heavy atom. The van der Waals surface area contributed by atoms with Crippen LogP contribution in [0.15, 0.2) is 158 Å². The molecule has 0 spiro atoms. The van der Waals surface area contributed by atoms with Crippen molar-refractivity contribution >= 4 is 54.1 Å². The van der Waals surface area contributed by atoms with Crippen molar-refractivity contribution in [1.82, 2.24) is 9.55 Å². The molecular formula is C41H26N2. The Hall–Kier alpha value is -5.73. The first kappa shape index (κ1) is 23.9. The molecule has 43 heavy (non-hydrogen) atoms. The van der Waals surface area contributed by atoms with Gasteiger partial charge in [-0.05, 0) is 79.3 Å². The van der Waals surface area contributed by atoms with E-state index < -0.39 is 0 Å². The maximum Gasteiger partial charge on any atom is 0.137 e. The van der Waals surface area contributed by atoms with E-state index >= 15 is 0 Å². The summed E-state index contributed by atoms with van der Waals surface area (Å²) in [5, 5.41) is 10.3. The maximum absolute atomic E-state index is 4.93. The Bertz CT molecular complexity index is 2390. The highest BCUT2D eigenvalue weighted by molar-refractivity contribution is 6.25. The molecule has 0 saturated carbocycles. The van der Waals surface area contributed by atoms with Gasteiger partial charge in [-0.15, -0.1) is 0 Å². The lowest BCUT2D eigenvalue weighted by Gasteiger charge is -2.12. The average molecular weight is 547 g/mol. The summed E-state index contributed by atoms with van der Waals surface area (Å²) in [4.78, 5) is 4.93. The third-order valence-corrected chi connectivity index (χ3v) is 8.85. The number of fused-ring (bicyclic) bond motifs is 9. The molecule has 0 unspecified atom stereocenters. The molecule has 0 saturated heterocycles. The van der Waals surface area contributed by atoms with Crippen LogP contribution in [0.5, 0.6) is 0 Å². The predicted molar refractivity (Wildman–Crippen MR) is 182 cm³/mol. The van der Waals surface area contributed by atoms with Crippen LogP contribution in [-0.2, 0) is 0 Å². The lowest BCUT2D eigenvalue weighted by atomic mass is 9.92. The van der Waals surface area contributed by atoms with Gasteiger partial charge in [0.2, 0.25) is 0 Å². The molecule has 2 nitrogen and oxygen atoms in total. The van der Waals surface area contributed by atoms with Crippen molar-refractivity contribution in [3.8, 4) is 28.1 Å². The highest BCUT2D eigenvalue weighted by atomic mass is 15.1. The van der Waals surface area contributed by atoms with Gasteiger partial charge in [-0.3, -0.25) is 4.57 Å². The molecule has 200 valence electrons. The molecule has 0 aliphatic carbocycles. The number of rotatable bonds is 3. The molecule has 0 atom stereocenters. The summed E-state index contributed by atoms with van der Waals surface area (Å²) in [5.41, 5.74) is 7.03. The Kier molecular flexibility index (Phi) is 5.23. The minimum absolute atomic E-state index is 0.925. The standard InChI is InChI=1S/C41H26N2/c1-2-11-33-31(9-1)32-10-3-4-12-34(32)38-25-29(21-23-35(33)38)27-17-19-28(20-18-27)30-22-24-41(42-26-30)43-39-15-7-5-13-36(39)37-14-6-8-16-40(37)43/h1-26H. The molecule has 0 radical (unpaired) electrons. The van der Waals surface area contributed by atoms with Crippen molar-refractivity contribution in [2.75, 3.05) is 0 Å². The van der Waals surface area contributed by atoms with Crippen LogP contribution in [0.25, 0.3) is 82.2 Å². The molecule has 0 aliphatic heterocycles. The van der Waals surface area contributed by atoms with Crippen molar-refractivity contribution in [2.45, 2.75) is 0 Å². The van der Waals surface area contributed by atoms with Gasteiger partial charge < -0.3 is 0 Å². The van der Waals surface area contributed by atoms with E-state index in [1.54, 1.807) is 0 Å². The van der Waals surface area contributed by atoms with Crippen LogP contribution in [0.1, 0.15) is 0 Å². The summed E-state index contributed by atoms with van der Waals surface area (Å²) in [5.74, 6) is 0.925. The van der Waals surface area contributed by atoms with Crippen molar-refractivity contribution in [3.05, 3.63) is 158 Å². The van der Waals surface area contributed by atoms with E-state index in [1.165, 1.54) is 65.3 Å². The number of benzene rings is 7. The molecule has 2 heterocycles. The highest BCUT2D eigenvalue weighted by Gasteiger charge is 2.13. The summed E-state index contributed by atoms with van der Waals surface area (Å²) >= 11 is 0. The van der Waals surface area contributed by atoms with Crippen molar-refractivity contribution in [2.24, 2.45) is 0 Å². The Morgan fingerprint density at radius 2 is 0.744 bits per heavy atom. The third kappa shape index (κ3) is 3.70. The summed E-state index contributed by atoms with van der Waals surface area (Å²) in [6.07, 6.45) is 1.99. The number of hydrogen-bond acceptors (Lipinski definition) is 1. The molecular weight excluding hydrogens is 520 g/mol. The number of pyridine rings is 1. The minimum Gasteiger partial charge on any atom is -0.294 e.